The van der Waals surface area contributed by atoms with Crippen LogP contribution in [0.3, 0.4) is 0 Å². The third kappa shape index (κ3) is 2.39. The fraction of sp³-hybridized carbons (Fsp3) is 0.250. The van der Waals surface area contributed by atoms with Crippen LogP contribution in [0.25, 0.3) is 0 Å². The molecule has 8 heteroatoms. The lowest BCUT2D eigenvalue weighted by Crippen LogP contribution is -2.13. The molecule has 3 N–H and O–H groups in total. The normalized spacial score (nSPS) is 11.1. The van der Waals surface area contributed by atoms with Crippen LogP contribution < -0.4 is 5.73 Å². The van der Waals surface area contributed by atoms with E-state index in [0.717, 1.165) is 17.6 Å². The third-order valence-electron chi connectivity index (χ3n) is 1.71. The molecule has 0 spiro atoms. The van der Waals surface area contributed by atoms with Gasteiger partial charge in [-0.1, -0.05) is 0 Å². The first kappa shape index (κ1) is 12.7. The smallest absolute Gasteiger partial charge is 0.348 e. The molecule has 0 aliphatic rings. The SMILES string of the molecule is COC(=O)c1cc(C(=N)N)c(S(C)(=O)=O)s1. The van der Waals surface area contributed by atoms with E-state index in [0.29, 0.717) is 0 Å². The lowest BCUT2D eigenvalue weighted by atomic mass is 10.3. The number of thiophene rings is 1. The van der Waals surface area contributed by atoms with Crippen LogP contribution in [0.2, 0.25) is 0 Å². The minimum Gasteiger partial charge on any atom is -0.465 e. The van der Waals surface area contributed by atoms with Gasteiger partial charge in [0.1, 0.15) is 14.9 Å². The molecule has 0 aliphatic carbocycles. The van der Waals surface area contributed by atoms with Crippen molar-refractivity contribution in [3.8, 4) is 0 Å². The molecule has 16 heavy (non-hydrogen) atoms. The maximum absolute atomic E-state index is 11.4. The van der Waals surface area contributed by atoms with E-state index in [1.165, 1.54) is 13.2 Å². The third-order valence-corrected chi connectivity index (χ3v) is 4.67. The predicted molar refractivity (Wildman–Crippen MR) is 59.8 cm³/mol. The van der Waals surface area contributed by atoms with E-state index < -0.39 is 21.6 Å². The number of nitrogens with two attached hydrogens (primary N) is 1. The van der Waals surface area contributed by atoms with Crippen LogP contribution in [0.4, 0.5) is 0 Å². The standard InChI is InChI=1S/C8H10N2O4S2/c1-14-7(11)5-3-4(6(9)10)8(15-5)16(2,12)13/h3H,1-2H3,(H3,9,10). The molecule has 6 nitrogen and oxygen atoms in total. The highest BCUT2D eigenvalue weighted by atomic mass is 32.2. The zero-order valence-electron chi connectivity index (χ0n) is 8.60. The van der Waals surface area contributed by atoms with Gasteiger partial charge in [-0.3, -0.25) is 5.41 Å². The van der Waals surface area contributed by atoms with Gasteiger partial charge in [-0.05, 0) is 6.07 Å². The van der Waals surface area contributed by atoms with Gasteiger partial charge in [0.25, 0.3) is 0 Å². The lowest BCUT2D eigenvalue weighted by molar-refractivity contribution is 0.0606. The highest BCUT2D eigenvalue weighted by Gasteiger charge is 2.22. The Bertz CT molecular complexity index is 544. The number of nitrogens with one attached hydrogen (secondary N) is 1. The Hall–Kier alpha value is -1.41. The summed E-state index contributed by atoms with van der Waals surface area (Å²) >= 11 is 0.744. The minimum atomic E-state index is -3.51. The molecule has 0 saturated carbocycles. The van der Waals surface area contributed by atoms with Gasteiger partial charge in [-0.15, -0.1) is 11.3 Å². The van der Waals surface area contributed by atoms with Crippen LogP contribution in [0.1, 0.15) is 15.2 Å². The Morgan fingerprint density at radius 3 is 2.44 bits per heavy atom. The van der Waals surface area contributed by atoms with Crippen molar-refractivity contribution >= 4 is 33.0 Å². The molecule has 0 radical (unpaired) electrons. The Morgan fingerprint density at radius 2 is 2.12 bits per heavy atom. The topological polar surface area (TPSA) is 110 Å². The van der Waals surface area contributed by atoms with Gasteiger partial charge in [-0.2, -0.15) is 0 Å². The summed E-state index contributed by atoms with van der Waals surface area (Å²) in [7, 11) is -2.32. The Kier molecular flexibility index (Phi) is 3.34. The zero-order chi connectivity index (χ0) is 12.5. The van der Waals surface area contributed by atoms with E-state index in [4.69, 9.17) is 11.1 Å². The van der Waals surface area contributed by atoms with Gasteiger partial charge in [0.05, 0.1) is 7.11 Å². The number of hydrogen-bond donors (Lipinski definition) is 2. The van der Waals surface area contributed by atoms with Crippen molar-refractivity contribution in [2.75, 3.05) is 13.4 Å². The summed E-state index contributed by atoms with van der Waals surface area (Å²) in [6.45, 7) is 0. The minimum absolute atomic E-state index is 0.0351. The number of hydrogen-bond acceptors (Lipinski definition) is 6. The van der Waals surface area contributed by atoms with Crippen molar-refractivity contribution < 1.29 is 17.9 Å². The first-order valence-electron chi connectivity index (χ1n) is 4.04. The predicted octanol–water partition coefficient (Wildman–Crippen LogP) is 0.222. The molecular weight excluding hydrogens is 252 g/mol. The summed E-state index contributed by atoms with van der Waals surface area (Å²) < 4.78 is 27.1. The Morgan fingerprint density at radius 1 is 1.56 bits per heavy atom. The summed E-state index contributed by atoms with van der Waals surface area (Å²) in [6, 6.07) is 1.25. The van der Waals surface area contributed by atoms with Crippen LogP contribution in [0.15, 0.2) is 10.3 Å². The van der Waals surface area contributed by atoms with Crippen LogP contribution in [0.5, 0.6) is 0 Å². The summed E-state index contributed by atoms with van der Waals surface area (Å²) in [4.78, 5) is 11.3. The summed E-state index contributed by atoms with van der Waals surface area (Å²) in [5.41, 5.74) is 5.27. The summed E-state index contributed by atoms with van der Waals surface area (Å²) in [5.74, 6) is -1.05. The summed E-state index contributed by atoms with van der Waals surface area (Å²) in [6.07, 6.45) is 0.992. The van der Waals surface area contributed by atoms with Crippen LogP contribution in [0, 0.1) is 5.41 Å². The molecule has 0 unspecified atom stereocenters. The fourth-order valence-corrected chi connectivity index (χ4v) is 3.30. The number of rotatable bonds is 3. The molecular formula is C8H10N2O4S2. The summed E-state index contributed by atoms with van der Waals surface area (Å²) in [5, 5.41) is 7.24. The van der Waals surface area contributed by atoms with Crippen LogP contribution >= 0.6 is 11.3 Å². The number of ether oxygens (including phenoxy) is 1. The highest BCUT2D eigenvalue weighted by molar-refractivity contribution is 7.92. The maximum atomic E-state index is 11.4. The van der Waals surface area contributed by atoms with Gasteiger partial charge in [0, 0.05) is 11.8 Å². The number of methoxy groups -OCH3 is 1. The molecule has 1 aromatic rings. The number of esters is 1. The molecule has 0 amide bonds. The number of sulfone groups is 1. The molecule has 0 atom stereocenters. The van der Waals surface area contributed by atoms with Crippen LogP contribution in [-0.2, 0) is 14.6 Å². The Balaban J connectivity index is 3.44. The molecule has 88 valence electrons. The number of amidine groups is 1. The quantitative estimate of drug-likeness (QED) is 0.460. The van der Waals surface area contributed by atoms with Crippen molar-refractivity contribution in [3.05, 3.63) is 16.5 Å². The van der Waals surface area contributed by atoms with Crippen molar-refractivity contribution in [2.45, 2.75) is 4.21 Å². The molecule has 1 aromatic heterocycles. The van der Waals surface area contributed by atoms with E-state index in [1.54, 1.807) is 0 Å². The average molecular weight is 262 g/mol. The molecule has 1 rings (SSSR count). The van der Waals surface area contributed by atoms with Gasteiger partial charge < -0.3 is 10.5 Å². The van der Waals surface area contributed by atoms with Crippen LogP contribution in [-0.4, -0.2) is 33.6 Å². The average Bonchev–Trinajstić information content (AvgIpc) is 2.60. The second kappa shape index (κ2) is 4.22. The lowest BCUT2D eigenvalue weighted by Gasteiger charge is -1.97. The van der Waals surface area contributed by atoms with Crippen molar-refractivity contribution in [2.24, 2.45) is 5.73 Å². The molecule has 0 aromatic carbocycles. The van der Waals surface area contributed by atoms with Crippen molar-refractivity contribution in [1.82, 2.24) is 0 Å². The molecule has 0 aliphatic heterocycles. The molecule has 0 saturated heterocycles. The number of carbonyl (C=O) groups is 1. The van der Waals surface area contributed by atoms with E-state index in [1.807, 2.05) is 0 Å². The van der Waals surface area contributed by atoms with E-state index in [9.17, 15) is 13.2 Å². The van der Waals surface area contributed by atoms with E-state index >= 15 is 0 Å². The maximum Gasteiger partial charge on any atom is 0.348 e. The molecule has 0 bridgehead atoms. The largest absolute Gasteiger partial charge is 0.465 e. The first-order valence-corrected chi connectivity index (χ1v) is 6.74. The van der Waals surface area contributed by atoms with Crippen molar-refractivity contribution in [3.63, 3.8) is 0 Å². The molecule has 0 fully saturated rings. The van der Waals surface area contributed by atoms with E-state index in [-0.39, 0.29) is 14.6 Å². The van der Waals surface area contributed by atoms with Gasteiger partial charge >= 0.3 is 5.97 Å². The second-order valence-corrected chi connectivity index (χ2v) is 6.25. The van der Waals surface area contributed by atoms with E-state index in [2.05, 4.69) is 4.74 Å². The zero-order valence-corrected chi connectivity index (χ0v) is 10.2. The van der Waals surface area contributed by atoms with Gasteiger partial charge in [0.15, 0.2) is 9.84 Å². The molecule has 1 heterocycles. The first-order chi connectivity index (χ1) is 7.27. The highest BCUT2D eigenvalue weighted by Crippen LogP contribution is 2.27. The Labute approximate surface area is 96.5 Å². The monoisotopic (exact) mass is 262 g/mol. The van der Waals surface area contributed by atoms with Crippen molar-refractivity contribution in [1.29, 1.82) is 5.41 Å². The number of nitrogen functional groups attached to an aromatic ring is 1. The second-order valence-electron chi connectivity index (χ2n) is 2.99. The van der Waals surface area contributed by atoms with Gasteiger partial charge in [-0.25, -0.2) is 13.2 Å². The number of carbonyl (C=O) groups excluding carboxylic acids is 1. The van der Waals surface area contributed by atoms with Gasteiger partial charge in [0.2, 0.25) is 0 Å². The fourth-order valence-electron chi connectivity index (χ4n) is 1.04.